The molecule has 15 atom stereocenters. The Balaban J connectivity index is 1.64. The third kappa shape index (κ3) is 7.82. The van der Waals surface area contributed by atoms with E-state index in [1.54, 1.807) is 0 Å². The first kappa shape index (κ1) is 32.9. The lowest BCUT2D eigenvalue weighted by molar-refractivity contribution is -0.332. The van der Waals surface area contributed by atoms with Crippen LogP contribution in [0, 0.1) is 0 Å². The lowest BCUT2D eigenvalue weighted by Gasteiger charge is -2.48. The number of ether oxygens (including phenoxy) is 5. The van der Waals surface area contributed by atoms with Gasteiger partial charge in [0.15, 0.2) is 12.6 Å². The van der Waals surface area contributed by atoms with Gasteiger partial charge in [-0.3, -0.25) is 0 Å². The summed E-state index contributed by atoms with van der Waals surface area (Å²) in [5.74, 6) is 0. The first-order valence-corrected chi connectivity index (χ1v) is 13.8. The number of hydrogen-bond acceptors (Lipinski definition) is 15. The zero-order valence-corrected chi connectivity index (χ0v) is 22.4. The van der Waals surface area contributed by atoms with Crippen molar-refractivity contribution in [3.8, 4) is 0 Å². The smallest absolute Gasteiger partial charge is 0.187 e. The summed E-state index contributed by atoms with van der Waals surface area (Å²) in [7, 11) is 0. The molecule has 1 aliphatic carbocycles. The van der Waals surface area contributed by atoms with Crippen molar-refractivity contribution in [2.45, 2.75) is 131 Å². The number of unbranched alkanes of at least 4 members (excludes halogenated alkanes) is 3. The molecule has 0 bridgehead atoms. The van der Waals surface area contributed by atoms with Crippen LogP contribution in [0.4, 0.5) is 0 Å². The third-order valence-electron chi connectivity index (χ3n) is 7.72. The standard InChI is InChI=1S/C24H48N4O11/c1-2-3-4-5-6-35-9-13-16(30)18(32)19(33)24(37-13)39-22-11(27)7-10(26)21(20(22)34)38-23-14(28)17(31)15(29)12(8-25)36-23/h10-24,29-34H,2-9,25-28H2,1H3/t10-,11+,12-,13-,14-,15-,16-,17-,18+,19-,20-,21+,22-,23-,24-/m0/s1. The Morgan fingerprint density at radius 3 is 1.90 bits per heavy atom. The molecule has 0 unspecified atom stereocenters. The van der Waals surface area contributed by atoms with E-state index in [9.17, 15) is 30.6 Å². The molecule has 0 radical (unpaired) electrons. The minimum atomic E-state index is -1.65. The van der Waals surface area contributed by atoms with Gasteiger partial charge in [0.25, 0.3) is 0 Å². The Hall–Kier alpha value is -0.600. The Bertz CT molecular complexity index is 728. The first-order valence-electron chi connectivity index (χ1n) is 13.8. The largest absolute Gasteiger partial charge is 0.388 e. The van der Waals surface area contributed by atoms with Crippen molar-refractivity contribution in [3.63, 3.8) is 0 Å². The predicted octanol–water partition coefficient (Wildman–Crippen LogP) is -4.69. The SMILES string of the molecule is CCCCCCOC[C@@H]1O[C@@H](O[C@@H]2[C@@H](O)[C@H](O[C@@H]3O[C@@H](CN)[C@H](O)[C@@H](O)[C@@H]3N)[C@@H](N)C[C@H]2N)[C@@H](O)[C@H](O)[C@H]1O. The van der Waals surface area contributed by atoms with E-state index in [-0.39, 0.29) is 19.6 Å². The van der Waals surface area contributed by atoms with Gasteiger partial charge in [0.2, 0.25) is 0 Å². The van der Waals surface area contributed by atoms with Crippen molar-refractivity contribution >= 4 is 0 Å². The molecule has 3 fully saturated rings. The number of nitrogens with two attached hydrogens (primary N) is 4. The fraction of sp³-hybridized carbons (Fsp3) is 1.00. The van der Waals surface area contributed by atoms with Gasteiger partial charge in [0.1, 0.15) is 61.0 Å². The highest BCUT2D eigenvalue weighted by atomic mass is 16.7. The van der Waals surface area contributed by atoms with E-state index >= 15 is 0 Å². The fourth-order valence-corrected chi connectivity index (χ4v) is 5.22. The van der Waals surface area contributed by atoms with Crippen molar-refractivity contribution in [2.24, 2.45) is 22.9 Å². The monoisotopic (exact) mass is 568 g/mol. The van der Waals surface area contributed by atoms with Crippen molar-refractivity contribution in [2.75, 3.05) is 19.8 Å². The maximum atomic E-state index is 11.2. The highest BCUT2D eigenvalue weighted by Gasteiger charge is 2.51. The minimum absolute atomic E-state index is 0.0415. The van der Waals surface area contributed by atoms with Gasteiger partial charge in [-0.05, 0) is 12.8 Å². The Kier molecular flexibility index (Phi) is 12.7. The first-order chi connectivity index (χ1) is 18.5. The summed E-state index contributed by atoms with van der Waals surface area (Å²) in [6.45, 7) is 2.39. The molecule has 39 heavy (non-hydrogen) atoms. The Morgan fingerprint density at radius 2 is 1.28 bits per heavy atom. The quantitative estimate of drug-likeness (QED) is 0.0991. The summed E-state index contributed by atoms with van der Waals surface area (Å²) in [5, 5.41) is 62.9. The van der Waals surface area contributed by atoms with Gasteiger partial charge < -0.3 is 77.3 Å². The second kappa shape index (κ2) is 15.0. The van der Waals surface area contributed by atoms with Crippen LogP contribution in [0.1, 0.15) is 39.0 Å². The highest BCUT2D eigenvalue weighted by Crippen LogP contribution is 2.31. The average molecular weight is 569 g/mol. The van der Waals surface area contributed by atoms with Crippen molar-refractivity contribution in [3.05, 3.63) is 0 Å². The van der Waals surface area contributed by atoms with Gasteiger partial charge in [-0.25, -0.2) is 0 Å². The number of rotatable bonds is 12. The van der Waals surface area contributed by atoms with Gasteiger partial charge in [-0.1, -0.05) is 26.2 Å². The Morgan fingerprint density at radius 1 is 0.692 bits per heavy atom. The van der Waals surface area contributed by atoms with Gasteiger partial charge >= 0.3 is 0 Å². The number of aliphatic hydroxyl groups is 6. The van der Waals surface area contributed by atoms with E-state index in [0.717, 1.165) is 25.7 Å². The van der Waals surface area contributed by atoms with Gasteiger partial charge in [-0.15, -0.1) is 0 Å². The maximum absolute atomic E-state index is 11.2. The lowest BCUT2D eigenvalue weighted by atomic mass is 9.84. The highest BCUT2D eigenvalue weighted by molar-refractivity contribution is 5.01. The van der Waals surface area contributed by atoms with Gasteiger partial charge in [0, 0.05) is 25.2 Å². The molecule has 0 aromatic heterocycles. The second-order valence-electron chi connectivity index (χ2n) is 10.7. The van der Waals surface area contributed by atoms with Crippen molar-refractivity contribution in [1.29, 1.82) is 0 Å². The van der Waals surface area contributed by atoms with Crippen LogP contribution >= 0.6 is 0 Å². The Labute approximate surface area is 228 Å². The van der Waals surface area contributed by atoms with Gasteiger partial charge in [-0.2, -0.15) is 0 Å². The molecule has 2 heterocycles. The molecular weight excluding hydrogens is 520 g/mol. The molecule has 14 N–H and O–H groups in total. The van der Waals surface area contributed by atoms with Crippen LogP contribution in [0.2, 0.25) is 0 Å². The van der Waals surface area contributed by atoms with Crippen molar-refractivity contribution in [1.82, 2.24) is 0 Å². The number of hydrogen-bond donors (Lipinski definition) is 10. The summed E-state index contributed by atoms with van der Waals surface area (Å²) in [6.07, 6.45) is -11.7. The molecule has 15 nitrogen and oxygen atoms in total. The molecular formula is C24H48N4O11. The molecule has 0 spiro atoms. The molecule has 2 saturated heterocycles. The second-order valence-corrected chi connectivity index (χ2v) is 10.7. The van der Waals surface area contributed by atoms with E-state index in [1.165, 1.54) is 0 Å². The average Bonchev–Trinajstić information content (AvgIpc) is 2.91. The normalized spacial score (nSPS) is 47.3. The zero-order chi connectivity index (χ0) is 28.9. The summed E-state index contributed by atoms with van der Waals surface area (Å²) >= 11 is 0. The molecule has 1 saturated carbocycles. The summed E-state index contributed by atoms with van der Waals surface area (Å²) in [4.78, 5) is 0. The van der Waals surface area contributed by atoms with Crippen molar-refractivity contribution < 1.29 is 54.3 Å². The molecule has 0 aromatic carbocycles. The molecule has 2 aliphatic heterocycles. The third-order valence-corrected chi connectivity index (χ3v) is 7.72. The van der Waals surface area contributed by atoms with Crippen LogP contribution in [0.3, 0.4) is 0 Å². The molecule has 3 aliphatic rings. The van der Waals surface area contributed by atoms with E-state index in [2.05, 4.69) is 6.92 Å². The zero-order valence-electron chi connectivity index (χ0n) is 22.4. The van der Waals surface area contributed by atoms with Crippen LogP contribution < -0.4 is 22.9 Å². The molecule has 0 amide bonds. The van der Waals surface area contributed by atoms with E-state index in [0.29, 0.717) is 6.61 Å². The van der Waals surface area contributed by atoms with Crippen LogP contribution in [0.15, 0.2) is 0 Å². The summed E-state index contributed by atoms with van der Waals surface area (Å²) in [5.41, 5.74) is 24.0. The van der Waals surface area contributed by atoms with Crippen LogP contribution in [-0.4, -0.2) is 142 Å². The lowest BCUT2D eigenvalue weighted by Crippen LogP contribution is -2.68. The van der Waals surface area contributed by atoms with E-state index in [1.807, 2.05) is 0 Å². The summed E-state index contributed by atoms with van der Waals surface area (Å²) in [6, 6.07) is -2.77. The minimum Gasteiger partial charge on any atom is -0.388 e. The maximum Gasteiger partial charge on any atom is 0.187 e. The molecule has 230 valence electrons. The van der Waals surface area contributed by atoms with Crippen LogP contribution in [0.25, 0.3) is 0 Å². The number of aliphatic hydroxyl groups excluding tert-OH is 6. The predicted molar refractivity (Wildman–Crippen MR) is 136 cm³/mol. The topological polar surface area (TPSA) is 272 Å². The molecule has 0 aromatic rings. The van der Waals surface area contributed by atoms with E-state index < -0.39 is 91.7 Å². The van der Waals surface area contributed by atoms with Gasteiger partial charge in [0.05, 0.1) is 12.6 Å². The fourth-order valence-electron chi connectivity index (χ4n) is 5.22. The summed E-state index contributed by atoms with van der Waals surface area (Å²) < 4.78 is 28.7. The van der Waals surface area contributed by atoms with E-state index in [4.69, 9.17) is 46.6 Å². The molecule has 3 rings (SSSR count). The van der Waals surface area contributed by atoms with Crippen LogP contribution in [-0.2, 0) is 23.7 Å². The van der Waals surface area contributed by atoms with Crippen LogP contribution in [0.5, 0.6) is 0 Å². The molecule has 15 heteroatoms.